The molecule has 98 valence electrons. The van der Waals surface area contributed by atoms with Gasteiger partial charge in [-0.15, -0.1) is 0 Å². The molecule has 1 aliphatic heterocycles. The van der Waals surface area contributed by atoms with Crippen LogP contribution in [0.4, 0.5) is 0 Å². The van der Waals surface area contributed by atoms with Crippen LogP contribution in [0.25, 0.3) is 0 Å². The highest BCUT2D eigenvalue weighted by Crippen LogP contribution is 2.21. The summed E-state index contributed by atoms with van der Waals surface area (Å²) in [6.07, 6.45) is 0.818. The molecule has 0 spiro atoms. The van der Waals surface area contributed by atoms with Gasteiger partial charge in [0.05, 0.1) is 13.2 Å². The Morgan fingerprint density at radius 2 is 2.17 bits per heavy atom. The molecule has 1 aromatic rings. The molecule has 0 amide bonds. The number of halogens is 1. The Bertz CT molecular complexity index is 405. The molecule has 1 fully saturated rings. The Morgan fingerprint density at radius 1 is 1.39 bits per heavy atom. The number of aldehydes is 1. The molecule has 1 aromatic carbocycles. The second kappa shape index (κ2) is 6.87. The van der Waals surface area contributed by atoms with Gasteiger partial charge in [0.2, 0.25) is 0 Å². The Balaban J connectivity index is 1.80. The Hall–Kier alpha value is -0.910. The maximum Gasteiger partial charge on any atom is 0.151 e. The molecule has 0 saturated carbocycles. The van der Waals surface area contributed by atoms with Crippen molar-refractivity contribution in [2.75, 3.05) is 39.5 Å². The molecule has 0 aromatic heterocycles. The number of ether oxygens (including phenoxy) is 2. The highest BCUT2D eigenvalue weighted by molar-refractivity contribution is 9.10. The summed E-state index contributed by atoms with van der Waals surface area (Å²) in [7, 11) is 0. The highest BCUT2D eigenvalue weighted by atomic mass is 79.9. The molecule has 0 bridgehead atoms. The molecule has 0 unspecified atom stereocenters. The van der Waals surface area contributed by atoms with Crippen LogP contribution >= 0.6 is 15.9 Å². The normalized spacial score (nSPS) is 16.5. The van der Waals surface area contributed by atoms with E-state index in [1.807, 2.05) is 12.1 Å². The minimum Gasteiger partial charge on any atom is -0.492 e. The molecule has 18 heavy (non-hydrogen) atoms. The van der Waals surface area contributed by atoms with Crippen molar-refractivity contribution in [1.82, 2.24) is 4.90 Å². The van der Waals surface area contributed by atoms with Crippen molar-refractivity contribution >= 4 is 22.2 Å². The second-order valence-corrected chi connectivity index (χ2v) is 4.96. The number of hydrogen-bond donors (Lipinski definition) is 0. The van der Waals surface area contributed by atoms with Crippen LogP contribution in [0.2, 0.25) is 0 Å². The van der Waals surface area contributed by atoms with E-state index in [-0.39, 0.29) is 0 Å². The number of morpholine rings is 1. The fourth-order valence-electron chi connectivity index (χ4n) is 1.82. The van der Waals surface area contributed by atoms with E-state index in [9.17, 15) is 4.79 Å². The number of carbonyl (C=O) groups is 1. The monoisotopic (exact) mass is 313 g/mol. The van der Waals surface area contributed by atoms with E-state index in [0.717, 1.165) is 49.4 Å². The summed E-state index contributed by atoms with van der Waals surface area (Å²) in [6, 6.07) is 5.43. The molecule has 1 saturated heterocycles. The third kappa shape index (κ3) is 3.80. The quantitative estimate of drug-likeness (QED) is 0.779. The summed E-state index contributed by atoms with van der Waals surface area (Å²) >= 11 is 3.31. The molecule has 0 aliphatic carbocycles. The van der Waals surface area contributed by atoms with E-state index < -0.39 is 0 Å². The summed E-state index contributed by atoms with van der Waals surface area (Å²) in [6.45, 7) is 5.03. The lowest BCUT2D eigenvalue weighted by molar-refractivity contribution is 0.0322. The fourth-order valence-corrected chi connectivity index (χ4v) is 2.16. The van der Waals surface area contributed by atoms with E-state index in [1.54, 1.807) is 6.07 Å². The number of hydrogen-bond acceptors (Lipinski definition) is 4. The van der Waals surface area contributed by atoms with Crippen LogP contribution in [-0.2, 0) is 4.74 Å². The first-order valence-corrected chi connectivity index (χ1v) is 6.76. The number of benzene rings is 1. The van der Waals surface area contributed by atoms with Crippen molar-refractivity contribution < 1.29 is 14.3 Å². The summed E-state index contributed by atoms with van der Waals surface area (Å²) in [5, 5.41) is 0. The third-order valence-corrected chi connectivity index (χ3v) is 3.60. The van der Waals surface area contributed by atoms with Crippen LogP contribution in [0.3, 0.4) is 0 Å². The molecular formula is C13H16BrNO3. The molecule has 2 rings (SSSR count). The molecule has 0 radical (unpaired) electrons. The van der Waals surface area contributed by atoms with Crippen LogP contribution in [0.15, 0.2) is 22.7 Å². The van der Waals surface area contributed by atoms with Crippen LogP contribution in [0.1, 0.15) is 10.4 Å². The van der Waals surface area contributed by atoms with Crippen molar-refractivity contribution in [2.24, 2.45) is 0 Å². The van der Waals surface area contributed by atoms with E-state index >= 15 is 0 Å². The molecule has 0 N–H and O–H groups in total. The van der Waals surface area contributed by atoms with Gasteiger partial charge < -0.3 is 9.47 Å². The van der Waals surface area contributed by atoms with E-state index in [1.165, 1.54) is 0 Å². The third-order valence-electron chi connectivity index (χ3n) is 2.87. The first kappa shape index (κ1) is 13.5. The van der Waals surface area contributed by atoms with Crippen molar-refractivity contribution in [3.63, 3.8) is 0 Å². The average molecular weight is 314 g/mol. The lowest BCUT2D eigenvalue weighted by Crippen LogP contribution is -2.38. The predicted octanol–water partition coefficient (Wildman–Crippen LogP) is 1.97. The second-order valence-electron chi connectivity index (χ2n) is 4.10. The Kier molecular flexibility index (Phi) is 5.16. The van der Waals surface area contributed by atoms with Gasteiger partial charge in [-0.1, -0.05) is 15.9 Å². The lowest BCUT2D eigenvalue weighted by atomic mass is 10.2. The topological polar surface area (TPSA) is 38.8 Å². The van der Waals surface area contributed by atoms with Crippen LogP contribution in [0, 0.1) is 0 Å². The van der Waals surface area contributed by atoms with Crippen LogP contribution in [0.5, 0.6) is 5.75 Å². The van der Waals surface area contributed by atoms with Crippen LogP contribution in [-0.4, -0.2) is 50.6 Å². The minimum absolute atomic E-state index is 0.610. The highest BCUT2D eigenvalue weighted by Gasteiger charge is 2.09. The Morgan fingerprint density at radius 3 is 2.89 bits per heavy atom. The van der Waals surface area contributed by atoms with E-state index in [2.05, 4.69) is 20.8 Å². The standard InChI is InChI=1S/C13H16BrNO3/c14-13-2-1-12(9-11(13)10-16)18-8-5-15-3-6-17-7-4-15/h1-2,9-10H,3-8H2. The largest absolute Gasteiger partial charge is 0.492 e. The minimum atomic E-state index is 0.610. The van der Waals surface area contributed by atoms with Gasteiger partial charge in [-0.3, -0.25) is 9.69 Å². The molecule has 4 nitrogen and oxygen atoms in total. The zero-order chi connectivity index (χ0) is 12.8. The van der Waals surface area contributed by atoms with Gasteiger partial charge in [-0.05, 0) is 18.2 Å². The Labute approximate surface area is 115 Å². The number of carbonyl (C=O) groups excluding carboxylic acids is 1. The van der Waals surface area contributed by atoms with Gasteiger partial charge in [0.25, 0.3) is 0 Å². The van der Waals surface area contributed by atoms with Crippen molar-refractivity contribution in [1.29, 1.82) is 0 Å². The van der Waals surface area contributed by atoms with Crippen molar-refractivity contribution in [2.45, 2.75) is 0 Å². The first-order chi connectivity index (χ1) is 8.79. The fraction of sp³-hybridized carbons (Fsp3) is 0.462. The number of nitrogens with zero attached hydrogens (tertiary/aromatic N) is 1. The smallest absolute Gasteiger partial charge is 0.151 e. The number of rotatable bonds is 5. The van der Waals surface area contributed by atoms with Gasteiger partial charge in [0, 0.05) is 29.7 Å². The molecule has 1 heterocycles. The van der Waals surface area contributed by atoms with E-state index in [4.69, 9.17) is 9.47 Å². The molecule has 0 atom stereocenters. The van der Waals surface area contributed by atoms with Crippen molar-refractivity contribution in [3.05, 3.63) is 28.2 Å². The average Bonchev–Trinajstić information content (AvgIpc) is 2.42. The van der Waals surface area contributed by atoms with Crippen LogP contribution < -0.4 is 4.74 Å². The summed E-state index contributed by atoms with van der Waals surface area (Å²) in [5.41, 5.74) is 0.610. The van der Waals surface area contributed by atoms with Gasteiger partial charge in [0.15, 0.2) is 6.29 Å². The summed E-state index contributed by atoms with van der Waals surface area (Å²) in [4.78, 5) is 13.1. The SMILES string of the molecule is O=Cc1cc(OCCN2CCOCC2)ccc1Br. The van der Waals surface area contributed by atoms with E-state index in [0.29, 0.717) is 12.2 Å². The maximum absolute atomic E-state index is 10.8. The summed E-state index contributed by atoms with van der Waals surface area (Å²) < 4.78 is 11.7. The predicted molar refractivity (Wildman–Crippen MR) is 72.3 cm³/mol. The molecule has 5 heteroatoms. The zero-order valence-corrected chi connectivity index (χ0v) is 11.7. The summed E-state index contributed by atoms with van der Waals surface area (Å²) in [5.74, 6) is 0.730. The molecular weight excluding hydrogens is 298 g/mol. The van der Waals surface area contributed by atoms with Gasteiger partial charge in [-0.2, -0.15) is 0 Å². The van der Waals surface area contributed by atoms with Gasteiger partial charge >= 0.3 is 0 Å². The maximum atomic E-state index is 10.8. The van der Waals surface area contributed by atoms with Gasteiger partial charge in [-0.25, -0.2) is 0 Å². The zero-order valence-electron chi connectivity index (χ0n) is 10.1. The lowest BCUT2D eigenvalue weighted by Gasteiger charge is -2.26. The van der Waals surface area contributed by atoms with Crippen molar-refractivity contribution in [3.8, 4) is 5.75 Å². The molecule has 1 aliphatic rings. The van der Waals surface area contributed by atoms with Gasteiger partial charge in [0.1, 0.15) is 12.4 Å². The first-order valence-electron chi connectivity index (χ1n) is 5.97.